The first-order valence-electron chi connectivity index (χ1n) is 11.3. The van der Waals surface area contributed by atoms with Gasteiger partial charge in [0.15, 0.2) is 0 Å². The van der Waals surface area contributed by atoms with E-state index in [4.69, 9.17) is 9.47 Å². The number of allylic oxidation sites excluding steroid dienone is 1. The molecule has 1 aliphatic carbocycles. The zero-order valence-corrected chi connectivity index (χ0v) is 18.5. The Kier molecular flexibility index (Phi) is 8.45. The van der Waals surface area contributed by atoms with Crippen molar-refractivity contribution in [2.75, 3.05) is 59.2 Å². The van der Waals surface area contributed by atoms with Crippen LogP contribution in [0.2, 0.25) is 0 Å². The van der Waals surface area contributed by atoms with Gasteiger partial charge in [-0.1, -0.05) is 19.1 Å². The summed E-state index contributed by atoms with van der Waals surface area (Å²) < 4.78 is 10.6. The number of aliphatic hydroxyl groups excluding tert-OH is 1. The van der Waals surface area contributed by atoms with Gasteiger partial charge in [0.25, 0.3) is 0 Å². The highest BCUT2D eigenvalue weighted by molar-refractivity contribution is 5.96. The standard InChI is InChI=1S/C22H35N3O6/c1-3-31-22(29)17-15(2)5-6-16-18(17)21(28)25(8-4-12-26)19(16)20(27)23-7-9-24-10-13-30-14-11-24/h5-6,15-19,26H,3-4,7-14H2,1-2H3,(H,23,27)/t15-,16+,17-,18-,19+/m1/s1. The quantitative estimate of drug-likeness (QED) is 0.375. The highest BCUT2D eigenvalue weighted by Gasteiger charge is 2.56. The Hall–Kier alpha value is -1.97. The summed E-state index contributed by atoms with van der Waals surface area (Å²) in [6, 6.07) is -0.686. The summed E-state index contributed by atoms with van der Waals surface area (Å²) in [5, 5.41) is 12.3. The van der Waals surface area contributed by atoms with Crippen molar-refractivity contribution in [3.8, 4) is 0 Å². The van der Waals surface area contributed by atoms with Crippen molar-refractivity contribution in [1.29, 1.82) is 0 Å². The van der Waals surface area contributed by atoms with Crippen LogP contribution in [0.25, 0.3) is 0 Å². The second-order valence-corrected chi connectivity index (χ2v) is 8.42. The Morgan fingerprint density at radius 2 is 2.00 bits per heavy atom. The lowest BCUT2D eigenvalue weighted by molar-refractivity contribution is -0.155. The number of esters is 1. The van der Waals surface area contributed by atoms with Crippen LogP contribution in [0.4, 0.5) is 0 Å². The van der Waals surface area contributed by atoms with E-state index in [0.717, 1.165) is 19.6 Å². The first kappa shape index (κ1) is 23.7. The van der Waals surface area contributed by atoms with Crippen LogP contribution >= 0.6 is 0 Å². The zero-order valence-electron chi connectivity index (χ0n) is 18.5. The predicted molar refractivity (Wildman–Crippen MR) is 113 cm³/mol. The lowest BCUT2D eigenvalue weighted by Gasteiger charge is -2.32. The molecule has 174 valence electrons. The van der Waals surface area contributed by atoms with Crippen molar-refractivity contribution < 1.29 is 29.0 Å². The van der Waals surface area contributed by atoms with Gasteiger partial charge in [-0.25, -0.2) is 0 Å². The normalized spacial score (nSPS) is 30.9. The van der Waals surface area contributed by atoms with Crippen molar-refractivity contribution in [2.45, 2.75) is 26.3 Å². The molecule has 2 fully saturated rings. The first-order valence-corrected chi connectivity index (χ1v) is 11.3. The van der Waals surface area contributed by atoms with E-state index in [9.17, 15) is 19.5 Å². The molecule has 0 aromatic heterocycles. The summed E-state index contributed by atoms with van der Waals surface area (Å²) in [4.78, 5) is 43.0. The van der Waals surface area contributed by atoms with E-state index >= 15 is 0 Å². The molecule has 0 bridgehead atoms. The highest BCUT2D eigenvalue weighted by atomic mass is 16.5. The maximum atomic E-state index is 13.3. The SMILES string of the molecule is CCOC(=O)[C@H]1[C@@H]2C(=O)N(CCCO)[C@H](C(=O)NCCN3CCOCC3)[C@H]2C=C[C@H]1C. The second-order valence-electron chi connectivity index (χ2n) is 8.42. The Labute approximate surface area is 183 Å². The molecule has 0 saturated carbocycles. The molecule has 9 nitrogen and oxygen atoms in total. The average Bonchev–Trinajstić information content (AvgIpc) is 3.04. The number of nitrogens with zero attached hydrogens (tertiary/aromatic N) is 2. The van der Waals surface area contributed by atoms with E-state index in [-0.39, 0.29) is 43.4 Å². The van der Waals surface area contributed by atoms with Gasteiger partial charge in [-0.05, 0) is 19.3 Å². The number of rotatable bonds is 9. The molecule has 0 spiro atoms. The fourth-order valence-electron chi connectivity index (χ4n) is 4.94. The lowest BCUT2D eigenvalue weighted by Crippen LogP contribution is -2.49. The number of aliphatic hydroxyl groups is 1. The molecule has 0 unspecified atom stereocenters. The maximum Gasteiger partial charge on any atom is 0.310 e. The van der Waals surface area contributed by atoms with Crippen LogP contribution in [0.1, 0.15) is 20.3 Å². The highest BCUT2D eigenvalue weighted by Crippen LogP contribution is 2.44. The van der Waals surface area contributed by atoms with Gasteiger partial charge < -0.3 is 24.8 Å². The lowest BCUT2D eigenvalue weighted by atomic mass is 9.70. The van der Waals surface area contributed by atoms with E-state index in [1.54, 1.807) is 11.8 Å². The molecule has 2 amide bonds. The van der Waals surface area contributed by atoms with Crippen molar-refractivity contribution in [1.82, 2.24) is 15.1 Å². The maximum absolute atomic E-state index is 13.3. The minimum Gasteiger partial charge on any atom is -0.466 e. The molecular formula is C22H35N3O6. The number of amides is 2. The molecule has 2 N–H and O–H groups in total. The van der Waals surface area contributed by atoms with E-state index in [1.807, 2.05) is 19.1 Å². The summed E-state index contributed by atoms with van der Waals surface area (Å²) in [6.45, 7) is 8.37. The fraction of sp³-hybridized carbons (Fsp3) is 0.773. The first-order chi connectivity index (χ1) is 15.0. The number of nitrogens with one attached hydrogen (secondary N) is 1. The van der Waals surface area contributed by atoms with Crippen LogP contribution in [-0.4, -0.2) is 97.9 Å². The van der Waals surface area contributed by atoms with Gasteiger partial charge >= 0.3 is 5.97 Å². The van der Waals surface area contributed by atoms with Crippen LogP contribution in [0.5, 0.6) is 0 Å². The van der Waals surface area contributed by atoms with Crippen molar-refractivity contribution >= 4 is 17.8 Å². The Bertz CT molecular complexity index is 678. The predicted octanol–water partition coefficient (Wildman–Crippen LogP) is -0.354. The Morgan fingerprint density at radius 1 is 1.26 bits per heavy atom. The van der Waals surface area contributed by atoms with Gasteiger partial charge in [0, 0.05) is 45.2 Å². The molecular weight excluding hydrogens is 402 g/mol. The van der Waals surface area contributed by atoms with Crippen molar-refractivity contribution in [3.05, 3.63) is 12.2 Å². The molecule has 2 aliphatic heterocycles. The topological polar surface area (TPSA) is 108 Å². The molecule has 5 atom stereocenters. The van der Waals surface area contributed by atoms with E-state index < -0.39 is 23.8 Å². The second kappa shape index (κ2) is 11.1. The van der Waals surface area contributed by atoms with Crippen LogP contribution in [0, 0.1) is 23.7 Å². The van der Waals surface area contributed by atoms with Gasteiger partial charge in [-0.3, -0.25) is 19.3 Å². The molecule has 0 aromatic rings. The zero-order chi connectivity index (χ0) is 22.4. The molecule has 0 aromatic carbocycles. The minimum atomic E-state index is -0.686. The number of fused-ring (bicyclic) bond motifs is 1. The minimum absolute atomic E-state index is 0.0714. The largest absolute Gasteiger partial charge is 0.466 e. The number of carbonyl (C=O) groups is 3. The number of hydrogen-bond donors (Lipinski definition) is 2. The fourth-order valence-corrected chi connectivity index (χ4v) is 4.94. The van der Waals surface area contributed by atoms with Crippen LogP contribution in [0.15, 0.2) is 12.2 Å². The van der Waals surface area contributed by atoms with Crippen LogP contribution in [0.3, 0.4) is 0 Å². The number of hydrogen-bond acceptors (Lipinski definition) is 7. The molecule has 31 heavy (non-hydrogen) atoms. The Morgan fingerprint density at radius 3 is 2.68 bits per heavy atom. The molecule has 2 heterocycles. The molecule has 2 saturated heterocycles. The molecule has 3 aliphatic rings. The van der Waals surface area contributed by atoms with E-state index in [1.165, 1.54) is 0 Å². The number of morpholine rings is 1. The molecule has 0 radical (unpaired) electrons. The van der Waals surface area contributed by atoms with Gasteiger partial charge in [-0.2, -0.15) is 0 Å². The van der Waals surface area contributed by atoms with Crippen LogP contribution in [-0.2, 0) is 23.9 Å². The third-order valence-corrected chi connectivity index (χ3v) is 6.49. The van der Waals surface area contributed by atoms with Gasteiger partial charge in [0.2, 0.25) is 11.8 Å². The van der Waals surface area contributed by atoms with E-state index in [2.05, 4.69) is 10.2 Å². The van der Waals surface area contributed by atoms with E-state index in [0.29, 0.717) is 26.2 Å². The monoisotopic (exact) mass is 437 g/mol. The van der Waals surface area contributed by atoms with Crippen LogP contribution < -0.4 is 5.32 Å². The summed E-state index contributed by atoms with van der Waals surface area (Å²) in [5.74, 6) is -2.57. The molecule has 9 heteroatoms. The van der Waals surface area contributed by atoms with Gasteiger partial charge in [0.05, 0.1) is 31.7 Å². The van der Waals surface area contributed by atoms with Gasteiger partial charge in [0.1, 0.15) is 6.04 Å². The molecule has 3 rings (SSSR count). The summed E-state index contributed by atoms with van der Waals surface area (Å²) in [5.41, 5.74) is 0. The third-order valence-electron chi connectivity index (χ3n) is 6.49. The third kappa shape index (κ3) is 5.27. The van der Waals surface area contributed by atoms with Gasteiger partial charge in [-0.15, -0.1) is 0 Å². The summed E-state index contributed by atoms with van der Waals surface area (Å²) in [6.07, 6.45) is 4.21. The van der Waals surface area contributed by atoms with Crippen molar-refractivity contribution in [3.63, 3.8) is 0 Å². The number of likely N-dealkylation sites (tertiary alicyclic amines) is 1. The average molecular weight is 438 g/mol. The summed E-state index contributed by atoms with van der Waals surface area (Å²) in [7, 11) is 0. The Balaban J connectivity index is 1.74. The smallest absolute Gasteiger partial charge is 0.310 e. The summed E-state index contributed by atoms with van der Waals surface area (Å²) >= 11 is 0. The number of ether oxygens (including phenoxy) is 2. The number of carbonyl (C=O) groups excluding carboxylic acids is 3. The van der Waals surface area contributed by atoms with Crippen molar-refractivity contribution in [2.24, 2.45) is 23.7 Å².